The van der Waals surface area contributed by atoms with Crippen LogP contribution >= 0.6 is 0 Å². The molecule has 0 bridgehead atoms. The quantitative estimate of drug-likeness (QED) is 0.185. The molecule has 0 saturated heterocycles. The van der Waals surface area contributed by atoms with Crippen molar-refractivity contribution < 1.29 is 37.3 Å². The number of halogens is 3. The minimum atomic E-state index is -3.51. The molecule has 3 aromatic carbocycles. The van der Waals surface area contributed by atoms with Crippen LogP contribution in [0.2, 0.25) is 0 Å². The molecule has 1 unspecified atom stereocenters. The Hall–Kier alpha value is -4.02. The monoisotopic (exact) mass is 610 g/mol. The Kier molecular flexibility index (Phi) is 8.68. The highest BCUT2D eigenvalue weighted by atomic mass is 19.3. The van der Waals surface area contributed by atoms with E-state index in [1.165, 1.54) is 6.07 Å². The zero-order valence-electron chi connectivity index (χ0n) is 25.2. The molecular weight excluding hydrogens is 573 g/mol. The molecule has 1 saturated carbocycles. The number of carbonyl (C=O) groups excluding carboxylic acids is 1. The van der Waals surface area contributed by atoms with E-state index in [0.29, 0.717) is 31.7 Å². The van der Waals surface area contributed by atoms with Crippen molar-refractivity contribution in [2.45, 2.75) is 76.9 Å². The van der Waals surface area contributed by atoms with Gasteiger partial charge in [-0.2, -0.15) is 0 Å². The lowest BCUT2D eigenvalue weighted by atomic mass is 9.90. The summed E-state index contributed by atoms with van der Waals surface area (Å²) in [6, 6.07) is 20.0. The standard InChI is InChI=1S/C23H27FN2O3.C11H10F2O2/c1-16(28)12-26-21-11-19(24)20(25-15-27)9-18(21)10-22(26)23(2,3)14-29-13-17-7-5-4-6-8-17;1-10(4-5-10)7-2-3-8-9(6-7)15-11(12,13)14-8/h4-11,15-16,28H,12-14H2,1-3H3,(H,25,27);2-3,6H,4-5H2,1H3. The van der Waals surface area contributed by atoms with E-state index in [1.54, 1.807) is 25.1 Å². The summed E-state index contributed by atoms with van der Waals surface area (Å²) in [4.78, 5) is 10.7. The number of aliphatic hydroxyl groups excluding tert-OH is 1. The van der Waals surface area contributed by atoms with Crippen LogP contribution in [-0.4, -0.2) is 35.1 Å². The Bertz CT molecular complexity index is 1630. The van der Waals surface area contributed by atoms with E-state index < -0.39 is 18.2 Å². The number of hydrogen-bond acceptors (Lipinski definition) is 5. The van der Waals surface area contributed by atoms with Crippen LogP contribution in [0.25, 0.3) is 10.9 Å². The topological polar surface area (TPSA) is 82.0 Å². The van der Waals surface area contributed by atoms with E-state index in [2.05, 4.69) is 35.6 Å². The first kappa shape index (κ1) is 31.4. The number of aromatic nitrogens is 1. The number of amides is 1. The Morgan fingerprint density at radius 3 is 2.43 bits per heavy atom. The largest absolute Gasteiger partial charge is 0.586 e. The zero-order chi connectivity index (χ0) is 31.7. The van der Waals surface area contributed by atoms with E-state index >= 15 is 0 Å². The summed E-state index contributed by atoms with van der Waals surface area (Å²) in [5, 5.41) is 13.2. The maximum Gasteiger partial charge on any atom is 0.586 e. The van der Waals surface area contributed by atoms with Gasteiger partial charge in [0.25, 0.3) is 0 Å². The molecule has 1 aliphatic heterocycles. The molecule has 10 heteroatoms. The van der Waals surface area contributed by atoms with Crippen LogP contribution in [0.3, 0.4) is 0 Å². The second kappa shape index (κ2) is 12.2. The van der Waals surface area contributed by atoms with Crippen LogP contribution in [0.5, 0.6) is 11.5 Å². The van der Waals surface area contributed by atoms with Crippen LogP contribution in [0.1, 0.15) is 57.4 Å². The lowest BCUT2D eigenvalue weighted by Crippen LogP contribution is -2.29. The van der Waals surface area contributed by atoms with E-state index in [9.17, 15) is 23.1 Å². The van der Waals surface area contributed by atoms with Crippen molar-refractivity contribution in [3.05, 3.63) is 89.4 Å². The van der Waals surface area contributed by atoms with Crippen molar-refractivity contribution in [1.29, 1.82) is 0 Å². The fraction of sp³-hybridized carbons (Fsp3) is 0.382. The number of benzene rings is 3. The molecule has 2 N–H and O–H groups in total. The number of rotatable bonds is 10. The van der Waals surface area contributed by atoms with Gasteiger partial charge < -0.3 is 29.2 Å². The molecular formula is C34H37F3N2O5. The first-order valence-corrected chi connectivity index (χ1v) is 14.5. The van der Waals surface area contributed by atoms with E-state index in [1.807, 2.05) is 47.0 Å². The normalized spacial score (nSPS) is 16.6. The van der Waals surface area contributed by atoms with Crippen molar-refractivity contribution in [1.82, 2.24) is 4.57 Å². The molecule has 1 fully saturated rings. The molecule has 2 heterocycles. The molecule has 1 aliphatic carbocycles. The summed E-state index contributed by atoms with van der Waals surface area (Å²) < 4.78 is 56.5. The van der Waals surface area contributed by atoms with Crippen LogP contribution in [-0.2, 0) is 33.5 Å². The van der Waals surface area contributed by atoms with Gasteiger partial charge in [-0.25, -0.2) is 4.39 Å². The van der Waals surface area contributed by atoms with Crippen LogP contribution in [0.15, 0.2) is 66.7 Å². The number of aliphatic hydroxyl groups is 1. The van der Waals surface area contributed by atoms with Gasteiger partial charge >= 0.3 is 6.29 Å². The predicted octanol–water partition coefficient (Wildman–Crippen LogP) is 7.28. The molecule has 44 heavy (non-hydrogen) atoms. The summed E-state index contributed by atoms with van der Waals surface area (Å²) in [6.07, 6.45) is -1.45. The molecule has 0 spiro atoms. The fourth-order valence-corrected chi connectivity index (χ4v) is 5.35. The highest BCUT2D eigenvalue weighted by Crippen LogP contribution is 2.51. The van der Waals surface area contributed by atoms with Gasteiger partial charge in [-0.05, 0) is 60.6 Å². The van der Waals surface area contributed by atoms with Crippen LogP contribution < -0.4 is 14.8 Å². The number of anilines is 1. The van der Waals surface area contributed by atoms with E-state index in [4.69, 9.17) is 4.74 Å². The molecule has 0 radical (unpaired) electrons. The second-order valence-electron chi connectivity index (χ2n) is 12.4. The van der Waals surface area contributed by atoms with Gasteiger partial charge in [0.05, 0.1) is 30.5 Å². The summed E-state index contributed by atoms with van der Waals surface area (Å²) in [5.74, 6) is -0.252. The Morgan fingerprint density at radius 2 is 1.77 bits per heavy atom. The third-order valence-electron chi connectivity index (χ3n) is 8.02. The minimum absolute atomic E-state index is 0.119. The van der Waals surface area contributed by atoms with Crippen LogP contribution in [0, 0.1) is 5.82 Å². The number of hydrogen-bond donors (Lipinski definition) is 2. The van der Waals surface area contributed by atoms with E-state index in [0.717, 1.165) is 35.0 Å². The maximum absolute atomic E-state index is 14.4. The average Bonchev–Trinajstić information content (AvgIpc) is 3.50. The summed E-state index contributed by atoms with van der Waals surface area (Å²) in [6.45, 7) is 9.23. The number of fused-ring (bicyclic) bond motifs is 2. The molecule has 6 rings (SSSR count). The Labute approximate surface area is 254 Å². The number of alkyl halides is 2. The van der Waals surface area contributed by atoms with E-state index in [-0.39, 0.29) is 28.0 Å². The lowest BCUT2D eigenvalue weighted by Gasteiger charge is -2.27. The smallest absolute Gasteiger partial charge is 0.395 e. The van der Waals surface area contributed by atoms with Gasteiger partial charge in [-0.15, -0.1) is 8.78 Å². The number of ether oxygens (including phenoxy) is 3. The summed E-state index contributed by atoms with van der Waals surface area (Å²) in [5.41, 5.74) is 3.65. The first-order valence-electron chi connectivity index (χ1n) is 14.5. The molecule has 1 atom stereocenters. The van der Waals surface area contributed by atoms with Crippen molar-refractivity contribution >= 4 is 23.0 Å². The third kappa shape index (κ3) is 7.03. The molecule has 4 aromatic rings. The minimum Gasteiger partial charge on any atom is -0.395 e. The molecule has 234 valence electrons. The van der Waals surface area contributed by atoms with Crippen molar-refractivity contribution in [3.63, 3.8) is 0 Å². The third-order valence-corrected chi connectivity index (χ3v) is 8.02. The Balaban J connectivity index is 0.000000212. The van der Waals surface area contributed by atoms with Crippen molar-refractivity contribution in [3.8, 4) is 11.5 Å². The second-order valence-corrected chi connectivity index (χ2v) is 12.4. The molecule has 1 amide bonds. The van der Waals surface area contributed by atoms with Gasteiger partial charge in [-0.1, -0.05) is 57.2 Å². The SMILES string of the molecule is CC(O)Cn1c(C(C)(C)COCc2ccccc2)cc2cc(NC=O)c(F)cc21.CC1(c2ccc3c(c2)OC(F)(F)O3)CC1. The maximum atomic E-state index is 14.4. The van der Waals surface area contributed by atoms with Crippen molar-refractivity contribution in [2.24, 2.45) is 0 Å². The number of nitrogens with one attached hydrogen (secondary N) is 1. The molecule has 7 nitrogen and oxygen atoms in total. The van der Waals surface area contributed by atoms with Gasteiger partial charge in [0.15, 0.2) is 11.5 Å². The lowest BCUT2D eigenvalue weighted by molar-refractivity contribution is -0.286. The zero-order valence-corrected chi connectivity index (χ0v) is 25.2. The average molecular weight is 611 g/mol. The number of nitrogens with zero attached hydrogens (tertiary/aromatic N) is 1. The van der Waals surface area contributed by atoms with Gasteiger partial charge in [-0.3, -0.25) is 4.79 Å². The fourth-order valence-electron chi connectivity index (χ4n) is 5.35. The summed E-state index contributed by atoms with van der Waals surface area (Å²) in [7, 11) is 0. The van der Waals surface area contributed by atoms with Crippen molar-refractivity contribution in [2.75, 3.05) is 11.9 Å². The summed E-state index contributed by atoms with van der Waals surface area (Å²) >= 11 is 0. The number of carbonyl (C=O) groups is 1. The predicted molar refractivity (Wildman–Crippen MR) is 162 cm³/mol. The molecule has 2 aliphatic rings. The van der Waals surface area contributed by atoms with Crippen LogP contribution in [0.4, 0.5) is 18.9 Å². The molecule has 1 aromatic heterocycles. The highest BCUT2D eigenvalue weighted by molar-refractivity contribution is 5.88. The first-order chi connectivity index (χ1) is 20.8. The van der Waals surface area contributed by atoms with Gasteiger partial charge in [0.2, 0.25) is 6.41 Å². The van der Waals surface area contributed by atoms with Gasteiger partial charge in [0.1, 0.15) is 5.82 Å². The Morgan fingerprint density at radius 1 is 1.07 bits per heavy atom. The highest BCUT2D eigenvalue weighted by Gasteiger charge is 2.45. The van der Waals surface area contributed by atoms with Gasteiger partial charge in [0, 0.05) is 29.1 Å².